The van der Waals surface area contributed by atoms with Crippen molar-refractivity contribution in [2.24, 2.45) is 0 Å². The molecule has 1 fully saturated rings. The van der Waals surface area contributed by atoms with Crippen LogP contribution in [-0.4, -0.2) is 54.9 Å². The topological polar surface area (TPSA) is 82.1 Å². The molecule has 1 aliphatic heterocycles. The summed E-state index contributed by atoms with van der Waals surface area (Å²) in [4.78, 5) is 36.9. The Morgan fingerprint density at radius 3 is 2.50 bits per heavy atom. The summed E-state index contributed by atoms with van der Waals surface area (Å²) >= 11 is 1.25. The van der Waals surface area contributed by atoms with Crippen molar-refractivity contribution in [1.82, 2.24) is 4.90 Å². The molecule has 0 atom stereocenters. The molecule has 0 N–H and O–H groups in total. The summed E-state index contributed by atoms with van der Waals surface area (Å²) in [7, 11) is 0. The molecule has 2 rings (SSSR count). The summed E-state index contributed by atoms with van der Waals surface area (Å²) in [5.74, 6) is -0.241. The number of ether oxygens (including phenoxy) is 3. The zero-order valence-corrected chi connectivity index (χ0v) is 17.4. The molecule has 7 nitrogen and oxygen atoms in total. The van der Waals surface area contributed by atoms with E-state index in [-0.39, 0.29) is 38.0 Å². The number of carbonyl (C=O) groups excluding carboxylic acids is 3. The molecule has 0 spiro atoms. The Bertz CT molecular complexity index is 766. The number of thioether (sulfide) groups is 1. The van der Waals surface area contributed by atoms with E-state index in [1.54, 1.807) is 6.92 Å². The predicted octanol–water partition coefficient (Wildman–Crippen LogP) is 2.51. The van der Waals surface area contributed by atoms with Gasteiger partial charge in [-0.1, -0.05) is 29.5 Å². The van der Waals surface area contributed by atoms with E-state index in [0.29, 0.717) is 10.8 Å². The van der Waals surface area contributed by atoms with Crippen molar-refractivity contribution in [2.75, 3.05) is 32.1 Å². The summed E-state index contributed by atoms with van der Waals surface area (Å²) < 4.78 is 15.6. The van der Waals surface area contributed by atoms with E-state index in [0.717, 1.165) is 16.7 Å². The van der Waals surface area contributed by atoms with Crippen LogP contribution in [0.3, 0.4) is 0 Å². The van der Waals surface area contributed by atoms with Crippen molar-refractivity contribution in [2.45, 2.75) is 27.7 Å². The molecule has 152 valence electrons. The lowest BCUT2D eigenvalue weighted by Gasteiger charge is -2.17. The largest absolute Gasteiger partial charge is 0.481 e. The van der Waals surface area contributed by atoms with Crippen molar-refractivity contribution >= 4 is 29.6 Å². The van der Waals surface area contributed by atoms with Crippen molar-refractivity contribution in [3.05, 3.63) is 39.9 Å². The number of carbonyl (C=O) groups is 3. The quantitative estimate of drug-likeness (QED) is 0.484. The van der Waals surface area contributed by atoms with Crippen LogP contribution in [0.4, 0.5) is 0 Å². The Hall–Kier alpha value is -2.48. The summed E-state index contributed by atoms with van der Waals surface area (Å²) in [6.45, 7) is 7.80. The number of benzene rings is 1. The van der Waals surface area contributed by atoms with E-state index in [9.17, 15) is 14.4 Å². The van der Waals surface area contributed by atoms with Gasteiger partial charge in [0.2, 0.25) is 5.91 Å². The fourth-order valence-corrected chi connectivity index (χ4v) is 3.83. The molecule has 0 aliphatic carbocycles. The highest BCUT2D eigenvalue weighted by molar-refractivity contribution is 8.04. The molecular formula is C20H25NO6S. The second-order valence-electron chi connectivity index (χ2n) is 6.31. The van der Waals surface area contributed by atoms with Gasteiger partial charge in [-0.2, -0.15) is 0 Å². The Morgan fingerprint density at radius 2 is 1.86 bits per heavy atom. The second kappa shape index (κ2) is 10.2. The molecule has 1 saturated heterocycles. The first-order valence-corrected chi connectivity index (χ1v) is 9.98. The maximum atomic E-state index is 12.0. The summed E-state index contributed by atoms with van der Waals surface area (Å²) in [6.07, 6.45) is 1.28. The molecule has 1 amide bonds. The maximum Gasteiger partial charge on any atom is 0.344 e. The smallest absolute Gasteiger partial charge is 0.344 e. The number of aryl methyl sites for hydroxylation is 3. The molecule has 0 unspecified atom stereocenters. The fraction of sp³-hybridized carbons (Fsp3) is 0.450. The Morgan fingerprint density at radius 1 is 1.18 bits per heavy atom. The van der Waals surface area contributed by atoms with Crippen molar-refractivity contribution in [1.29, 1.82) is 0 Å². The van der Waals surface area contributed by atoms with Crippen molar-refractivity contribution in [3.8, 4) is 5.75 Å². The normalized spacial score (nSPS) is 15.1. The minimum absolute atomic E-state index is 0.0144. The Kier molecular flexibility index (Phi) is 7.92. The van der Waals surface area contributed by atoms with Gasteiger partial charge in [-0.05, 0) is 38.8 Å². The molecule has 1 heterocycles. The zero-order chi connectivity index (χ0) is 20.7. The van der Waals surface area contributed by atoms with Crippen molar-refractivity contribution < 1.29 is 28.6 Å². The predicted molar refractivity (Wildman–Crippen MR) is 106 cm³/mol. The number of nitrogens with zero attached hydrogens (tertiary/aromatic N) is 1. The average Bonchev–Trinajstić information content (AvgIpc) is 2.94. The summed E-state index contributed by atoms with van der Waals surface area (Å²) in [5.41, 5.74) is 3.04. The van der Waals surface area contributed by atoms with Crippen LogP contribution in [0.15, 0.2) is 23.2 Å². The van der Waals surface area contributed by atoms with Gasteiger partial charge in [0, 0.05) is 0 Å². The number of esters is 2. The number of hydrogen-bond acceptors (Lipinski definition) is 7. The lowest BCUT2D eigenvalue weighted by atomic mass is 10.1. The number of rotatable bonds is 8. The molecule has 0 radical (unpaired) electrons. The van der Waals surface area contributed by atoms with E-state index < -0.39 is 11.9 Å². The van der Waals surface area contributed by atoms with E-state index in [1.807, 2.05) is 32.9 Å². The number of amides is 1. The average molecular weight is 407 g/mol. The van der Waals surface area contributed by atoms with Gasteiger partial charge >= 0.3 is 11.9 Å². The van der Waals surface area contributed by atoms with E-state index in [2.05, 4.69) is 0 Å². The third kappa shape index (κ3) is 6.02. The highest BCUT2D eigenvalue weighted by Crippen LogP contribution is 2.28. The molecule has 1 aromatic carbocycles. The van der Waals surface area contributed by atoms with Crippen LogP contribution in [-0.2, 0) is 23.9 Å². The van der Waals surface area contributed by atoms with Crippen molar-refractivity contribution in [3.63, 3.8) is 0 Å². The van der Waals surface area contributed by atoms with Crippen LogP contribution in [0.1, 0.15) is 23.6 Å². The molecule has 8 heteroatoms. The number of hydrogen-bond donors (Lipinski definition) is 0. The lowest BCUT2D eigenvalue weighted by molar-refractivity contribution is -0.147. The highest BCUT2D eigenvalue weighted by atomic mass is 32.2. The van der Waals surface area contributed by atoms with Gasteiger partial charge in [0.1, 0.15) is 12.4 Å². The highest BCUT2D eigenvalue weighted by Gasteiger charge is 2.27. The van der Waals surface area contributed by atoms with Gasteiger partial charge in [0.15, 0.2) is 6.61 Å². The standard InChI is InChI=1S/C20H25NO6S/c1-5-25-18(23)10-17-21(16(22)12-28-17)6-7-26-19(24)11-27-20-14(3)8-13(2)9-15(20)4/h8-10H,5-7,11-12H2,1-4H3/b17-10-. The third-order valence-electron chi connectivity index (χ3n) is 3.96. The van der Waals surface area contributed by atoms with Crippen LogP contribution >= 0.6 is 11.8 Å². The molecule has 1 aliphatic rings. The van der Waals surface area contributed by atoms with Crippen LogP contribution < -0.4 is 4.74 Å². The lowest BCUT2D eigenvalue weighted by Crippen LogP contribution is -2.30. The van der Waals surface area contributed by atoms with Crippen LogP contribution in [0, 0.1) is 20.8 Å². The molecule has 0 aromatic heterocycles. The maximum absolute atomic E-state index is 12.0. The molecule has 0 bridgehead atoms. The van der Waals surface area contributed by atoms with Gasteiger partial charge in [0.05, 0.1) is 30.0 Å². The van der Waals surface area contributed by atoms with Gasteiger partial charge < -0.3 is 19.1 Å². The molecule has 1 aromatic rings. The van der Waals surface area contributed by atoms with Gasteiger partial charge in [-0.3, -0.25) is 4.79 Å². The van der Waals surface area contributed by atoms with E-state index in [4.69, 9.17) is 14.2 Å². The zero-order valence-electron chi connectivity index (χ0n) is 16.6. The SMILES string of the molecule is CCOC(=O)/C=C1\SCC(=O)N1CCOC(=O)COc1c(C)cc(C)cc1C. The van der Waals surface area contributed by atoms with E-state index in [1.165, 1.54) is 22.7 Å². The summed E-state index contributed by atoms with van der Waals surface area (Å²) in [6, 6.07) is 3.98. The van der Waals surface area contributed by atoms with Crippen LogP contribution in [0.2, 0.25) is 0 Å². The minimum Gasteiger partial charge on any atom is -0.481 e. The first-order chi connectivity index (χ1) is 13.3. The summed E-state index contributed by atoms with van der Waals surface area (Å²) in [5, 5.41) is 0.502. The Balaban J connectivity index is 1.83. The second-order valence-corrected chi connectivity index (χ2v) is 7.30. The van der Waals surface area contributed by atoms with Gasteiger partial charge in [-0.25, -0.2) is 9.59 Å². The van der Waals surface area contributed by atoms with Gasteiger partial charge in [0.25, 0.3) is 0 Å². The fourth-order valence-electron chi connectivity index (χ4n) is 2.87. The molecule has 28 heavy (non-hydrogen) atoms. The molecule has 0 saturated carbocycles. The van der Waals surface area contributed by atoms with Gasteiger partial charge in [-0.15, -0.1) is 0 Å². The Labute approximate surface area is 169 Å². The first-order valence-electron chi connectivity index (χ1n) is 8.99. The molecular weight excluding hydrogens is 382 g/mol. The monoisotopic (exact) mass is 407 g/mol. The van der Waals surface area contributed by atoms with Crippen LogP contribution in [0.5, 0.6) is 5.75 Å². The third-order valence-corrected chi connectivity index (χ3v) is 4.98. The van der Waals surface area contributed by atoms with Crippen LogP contribution in [0.25, 0.3) is 0 Å². The van der Waals surface area contributed by atoms with E-state index >= 15 is 0 Å². The minimum atomic E-state index is -0.519. The first kappa shape index (κ1) is 21.8.